The molecule has 1 heterocycles. The van der Waals surface area contributed by atoms with Crippen LogP contribution in [0.5, 0.6) is 0 Å². The van der Waals surface area contributed by atoms with E-state index >= 15 is 0 Å². The summed E-state index contributed by atoms with van der Waals surface area (Å²) < 4.78 is 5.41. The third kappa shape index (κ3) is 1.20. The second kappa shape index (κ2) is 2.81. The van der Waals surface area contributed by atoms with Gasteiger partial charge < -0.3 is 4.74 Å². The topological polar surface area (TPSA) is 9.23 Å². The lowest BCUT2D eigenvalue weighted by Crippen LogP contribution is -2.09. The molecule has 1 atom stereocenters. The minimum absolute atomic E-state index is 0.614. The minimum Gasteiger partial charge on any atom is -0.465 e. The van der Waals surface area contributed by atoms with Gasteiger partial charge in [0, 0.05) is 5.57 Å². The zero-order chi connectivity index (χ0) is 8.55. The molecule has 1 radical (unpaired) electrons. The molecule has 0 aromatic rings. The molecule has 1 nitrogen and oxygen atoms in total. The van der Waals surface area contributed by atoms with Crippen molar-refractivity contribution in [1.29, 1.82) is 0 Å². The summed E-state index contributed by atoms with van der Waals surface area (Å²) in [6.45, 7) is 4.33. The van der Waals surface area contributed by atoms with Gasteiger partial charge in [0.25, 0.3) is 0 Å². The first kappa shape index (κ1) is 7.66. The molecule has 0 saturated carbocycles. The van der Waals surface area contributed by atoms with Gasteiger partial charge in [0.05, 0.1) is 6.26 Å². The number of hydrogen-bond acceptors (Lipinski definition) is 1. The van der Waals surface area contributed by atoms with Crippen LogP contribution < -0.4 is 0 Å². The average molecular weight is 161 g/mol. The highest BCUT2D eigenvalue weighted by Gasteiger charge is 2.19. The molecule has 0 amide bonds. The van der Waals surface area contributed by atoms with E-state index < -0.39 is 0 Å². The van der Waals surface area contributed by atoms with Crippen molar-refractivity contribution in [2.75, 3.05) is 0 Å². The molecule has 2 aliphatic rings. The molecule has 1 unspecified atom stereocenters. The Hall–Kier alpha value is -0.980. The Balaban J connectivity index is 2.38. The molecule has 1 heteroatoms. The van der Waals surface area contributed by atoms with Gasteiger partial charge in [-0.25, -0.2) is 0 Å². The largest absolute Gasteiger partial charge is 0.465 e. The summed E-state index contributed by atoms with van der Waals surface area (Å²) in [5, 5.41) is 0. The predicted octanol–water partition coefficient (Wildman–Crippen LogP) is 2.97. The van der Waals surface area contributed by atoms with Gasteiger partial charge in [-0.05, 0) is 43.4 Å². The van der Waals surface area contributed by atoms with E-state index in [9.17, 15) is 0 Å². The molecule has 2 rings (SSSR count). The molecular formula is C11H13O. The smallest absolute Gasteiger partial charge is 0.126 e. The molecule has 0 spiro atoms. The van der Waals surface area contributed by atoms with Crippen LogP contribution in [-0.2, 0) is 4.74 Å². The van der Waals surface area contributed by atoms with Crippen LogP contribution in [0, 0.1) is 12.3 Å². The Kier molecular flexibility index (Phi) is 1.80. The van der Waals surface area contributed by atoms with Crippen LogP contribution in [0.3, 0.4) is 0 Å². The molecule has 0 aromatic carbocycles. The molecule has 63 valence electrons. The van der Waals surface area contributed by atoms with Crippen molar-refractivity contribution in [3.8, 4) is 0 Å². The zero-order valence-corrected chi connectivity index (χ0v) is 7.50. The van der Waals surface area contributed by atoms with E-state index in [2.05, 4.69) is 26.3 Å². The van der Waals surface area contributed by atoms with Crippen molar-refractivity contribution in [2.45, 2.75) is 20.3 Å². The van der Waals surface area contributed by atoms with Crippen molar-refractivity contribution in [3.05, 3.63) is 41.7 Å². The van der Waals surface area contributed by atoms with Crippen LogP contribution in [0.15, 0.2) is 35.3 Å². The SMILES string of the molecule is CC1=C2[CH]CC(C)C=C2OC=C1. The predicted molar refractivity (Wildman–Crippen MR) is 49.1 cm³/mol. The van der Waals surface area contributed by atoms with Gasteiger partial charge in [0.1, 0.15) is 5.76 Å². The maximum Gasteiger partial charge on any atom is 0.126 e. The summed E-state index contributed by atoms with van der Waals surface area (Å²) in [6.07, 6.45) is 9.37. The Bertz CT molecular complexity index is 281. The maximum absolute atomic E-state index is 5.41. The number of fused-ring (bicyclic) bond motifs is 1. The van der Waals surface area contributed by atoms with Gasteiger partial charge in [-0.3, -0.25) is 0 Å². The van der Waals surface area contributed by atoms with E-state index in [1.165, 1.54) is 11.1 Å². The lowest BCUT2D eigenvalue weighted by atomic mass is 9.89. The Labute approximate surface area is 73.4 Å². The molecule has 12 heavy (non-hydrogen) atoms. The van der Waals surface area contributed by atoms with Gasteiger partial charge in [0.2, 0.25) is 0 Å². The number of allylic oxidation sites excluding steroid dienone is 4. The first-order valence-corrected chi connectivity index (χ1v) is 4.37. The Morgan fingerprint density at radius 3 is 3.17 bits per heavy atom. The second-order valence-corrected chi connectivity index (χ2v) is 3.47. The molecule has 0 fully saturated rings. The summed E-state index contributed by atoms with van der Waals surface area (Å²) in [5.74, 6) is 1.65. The maximum atomic E-state index is 5.41. The van der Waals surface area contributed by atoms with Gasteiger partial charge in [-0.2, -0.15) is 0 Å². The second-order valence-electron chi connectivity index (χ2n) is 3.47. The highest BCUT2D eigenvalue weighted by molar-refractivity contribution is 5.45. The fourth-order valence-corrected chi connectivity index (χ4v) is 1.58. The minimum atomic E-state index is 0.614. The first-order chi connectivity index (χ1) is 5.77. The van der Waals surface area contributed by atoms with Crippen LogP contribution in [0.1, 0.15) is 20.3 Å². The summed E-state index contributed by atoms with van der Waals surface area (Å²) >= 11 is 0. The van der Waals surface area contributed by atoms with Crippen molar-refractivity contribution in [1.82, 2.24) is 0 Å². The summed E-state index contributed by atoms with van der Waals surface area (Å²) in [6, 6.07) is 0. The molecule has 0 N–H and O–H groups in total. The third-order valence-corrected chi connectivity index (χ3v) is 2.33. The quantitative estimate of drug-likeness (QED) is 0.530. The van der Waals surface area contributed by atoms with Gasteiger partial charge >= 0.3 is 0 Å². The normalized spacial score (nSPS) is 27.8. The molecule has 1 aliphatic carbocycles. The highest BCUT2D eigenvalue weighted by Crippen LogP contribution is 2.32. The number of ether oxygens (including phenoxy) is 1. The van der Waals surface area contributed by atoms with Crippen LogP contribution in [0.4, 0.5) is 0 Å². The molecule has 1 aliphatic heterocycles. The van der Waals surface area contributed by atoms with Gasteiger partial charge in [-0.1, -0.05) is 6.92 Å². The van der Waals surface area contributed by atoms with Crippen molar-refractivity contribution < 1.29 is 4.74 Å². The standard InChI is InChI=1S/C11H13O/c1-8-3-4-10-9(2)5-6-12-11(10)7-8/h4-8H,3H2,1-2H3. The lowest BCUT2D eigenvalue weighted by molar-refractivity contribution is 0.344. The van der Waals surface area contributed by atoms with Crippen LogP contribution >= 0.6 is 0 Å². The Morgan fingerprint density at radius 2 is 2.33 bits per heavy atom. The fraction of sp³-hybridized carbons (Fsp3) is 0.364. The van der Waals surface area contributed by atoms with E-state index in [-0.39, 0.29) is 0 Å². The fourth-order valence-electron chi connectivity index (χ4n) is 1.58. The molecule has 0 aromatic heterocycles. The number of rotatable bonds is 0. The van der Waals surface area contributed by atoms with E-state index in [0.717, 1.165) is 12.2 Å². The highest BCUT2D eigenvalue weighted by atomic mass is 16.5. The van der Waals surface area contributed by atoms with Gasteiger partial charge in [0.15, 0.2) is 0 Å². The average Bonchev–Trinajstić information content (AvgIpc) is 2.04. The number of hydrogen-bond donors (Lipinski definition) is 0. The van der Waals surface area contributed by atoms with Crippen LogP contribution in [0.2, 0.25) is 0 Å². The first-order valence-electron chi connectivity index (χ1n) is 4.37. The molecule has 0 saturated heterocycles. The summed E-state index contributed by atoms with van der Waals surface area (Å²) in [7, 11) is 0. The van der Waals surface area contributed by atoms with Crippen LogP contribution in [0.25, 0.3) is 0 Å². The Morgan fingerprint density at radius 1 is 1.50 bits per heavy atom. The van der Waals surface area contributed by atoms with Crippen LogP contribution in [-0.4, -0.2) is 0 Å². The molecular weight excluding hydrogens is 148 g/mol. The van der Waals surface area contributed by atoms with Crippen molar-refractivity contribution >= 4 is 0 Å². The third-order valence-electron chi connectivity index (χ3n) is 2.33. The van der Waals surface area contributed by atoms with E-state index in [1.807, 2.05) is 6.08 Å². The van der Waals surface area contributed by atoms with Crippen molar-refractivity contribution in [3.63, 3.8) is 0 Å². The van der Waals surface area contributed by atoms with E-state index in [0.29, 0.717) is 5.92 Å². The lowest BCUT2D eigenvalue weighted by Gasteiger charge is -2.23. The van der Waals surface area contributed by atoms with Gasteiger partial charge in [-0.15, -0.1) is 0 Å². The van der Waals surface area contributed by atoms with Crippen molar-refractivity contribution in [2.24, 2.45) is 5.92 Å². The zero-order valence-electron chi connectivity index (χ0n) is 7.50. The summed E-state index contributed by atoms with van der Waals surface area (Å²) in [5.41, 5.74) is 2.58. The molecule has 0 bridgehead atoms. The summed E-state index contributed by atoms with van der Waals surface area (Å²) in [4.78, 5) is 0. The van der Waals surface area contributed by atoms with E-state index in [4.69, 9.17) is 4.74 Å². The van der Waals surface area contributed by atoms with E-state index in [1.54, 1.807) is 6.26 Å². The monoisotopic (exact) mass is 161 g/mol.